The minimum absolute atomic E-state index is 0.0668. The summed E-state index contributed by atoms with van der Waals surface area (Å²) in [5.41, 5.74) is 0.307. The van der Waals surface area contributed by atoms with E-state index in [4.69, 9.17) is 5.26 Å². The number of amides is 1. The van der Waals surface area contributed by atoms with Crippen LogP contribution in [0.1, 0.15) is 10.4 Å². The lowest BCUT2D eigenvalue weighted by Crippen LogP contribution is -2.23. The van der Waals surface area contributed by atoms with Crippen molar-refractivity contribution in [1.29, 1.82) is 5.26 Å². The predicted octanol–water partition coefficient (Wildman–Crippen LogP) is 1.84. The largest absolute Gasteiger partial charge is 0.339 e. The molecule has 0 aliphatic heterocycles. The van der Waals surface area contributed by atoms with Gasteiger partial charge in [0.15, 0.2) is 0 Å². The summed E-state index contributed by atoms with van der Waals surface area (Å²) < 4.78 is 13.0. The van der Waals surface area contributed by atoms with Crippen LogP contribution in [0.2, 0.25) is 0 Å². The van der Waals surface area contributed by atoms with E-state index in [1.54, 1.807) is 6.07 Å². The summed E-state index contributed by atoms with van der Waals surface area (Å²) in [4.78, 5) is 11.3. The SMILES string of the molecule is N#CCNC(=O)c1ccc(F)cc1Br. The molecule has 0 aromatic heterocycles. The van der Waals surface area contributed by atoms with Gasteiger partial charge in [-0.05, 0) is 34.1 Å². The van der Waals surface area contributed by atoms with E-state index in [0.29, 0.717) is 10.0 Å². The Balaban J connectivity index is 2.86. The zero-order chi connectivity index (χ0) is 10.6. The summed E-state index contributed by atoms with van der Waals surface area (Å²) >= 11 is 3.06. The van der Waals surface area contributed by atoms with E-state index in [2.05, 4.69) is 21.2 Å². The predicted molar refractivity (Wildman–Crippen MR) is 52.0 cm³/mol. The fraction of sp³-hybridized carbons (Fsp3) is 0.111. The third kappa shape index (κ3) is 2.54. The number of nitrogens with one attached hydrogen (secondary N) is 1. The molecule has 1 amide bonds. The molecule has 0 saturated carbocycles. The highest BCUT2D eigenvalue weighted by Crippen LogP contribution is 2.17. The lowest BCUT2D eigenvalue weighted by molar-refractivity contribution is 0.0957. The normalized spacial score (nSPS) is 9.21. The van der Waals surface area contributed by atoms with Crippen molar-refractivity contribution in [2.24, 2.45) is 0 Å². The number of rotatable bonds is 2. The second-order valence-electron chi connectivity index (χ2n) is 2.46. The lowest BCUT2D eigenvalue weighted by Gasteiger charge is -2.03. The molecule has 0 unspecified atom stereocenters. The molecule has 3 nitrogen and oxygen atoms in total. The Morgan fingerprint density at radius 2 is 2.36 bits per heavy atom. The maximum atomic E-state index is 12.6. The number of carbonyl (C=O) groups is 1. The minimum atomic E-state index is -0.422. The number of hydrogen-bond acceptors (Lipinski definition) is 2. The Kier molecular flexibility index (Phi) is 3.60. The van der Waals surface area contributed by atoms with Gasteiger partial charge < -0.3 is 5.32 Å². The van der Waals surface area contributed by atoms with E-state index in [0.717, 1.165) is 0 Å². The van der Waals surface area contributed by atoms with Gasteiger partial charge in [-0.25, -0.2) is 4.39 Å². The first-order valence-electron chi connectivity index (χ1n) is 3.75. The summed E-state index contributed by atoms with van der Waals surface area (Å²) in [6.45, 7) is -0.0668. The molecule has 0 spiro atoms. The Bertz CT molecular complexity index is 400. The van der Waals surface area contributed by atoms with Gasteiger partial charge in [0.05, 0.1) is 11.6 Å². The van der Waals surface area contributed by atoms with Crippen molar-refractivity contribution in [3.63, 3.8) is 0 Å². The van der Waals surface area contributed by atoms with E-state index in [1.807, 2.05) is 0 Å². The van der Waals surface area contributed by atoms with Gasteiger partial charge >= 0.3 is 0 Å². The van der Waals surface area contributed by atoms with Crippen LogP contribution in [0.25, 0.3) is 0 Å². The number of nitriles is 1. The van der Waals surface area contributed by atoms with Crippen molar-refractivity contribution in [2.45, 2.75) is 0 Å². The van der Waals surface area contributed by atoms with Crippen molar-refractivity contribution in [2.75, 3.05) is 6.54 Å². The van der Waals surface area contributed by atoms with Crippen molar-refractivity contribution in [3.05, 3.63) is 34.1 Å². The fourth-order valence-electron chi connectivity index (χ4n) is 0.889. The molecular weight excluding hydrogens is 251 g/mol. The van der Waals surface area contributed by atoms with Crippen LogP contribution in [0, 0.1) is 17.1 Å². The van der Waals surface area contributed by atoms with E-state index in [-0.39, 0.29) is 6.54 Å². The summed E-state index contributed by atoms with van der Waals surface area (Å²) in [7, 11) is 0. The van der Waals surface area contributed by atoms with Crippen molar-refractivity contribution < 1.29 is 9.18 Å². The van der Waals surface area contributed by atoms with Crippen LogP contribution in [0.15, 0.2) is 22.7 Å². The van der Waals surface area contributed by atoms with Crippen LogP contribution < -0.4 is 5.32 Å². The maximum Gasteiger partial charge on any atom is 0.253 e. The monoisotopic (exact) mass is 256 g/mol. The summed E-state index contributed by atoms with van der Waals surface area (Å²) in [6.07, 6.45) is 0. The number of carbonyl (C=O) groups excluding carboxylic acids is 1. The van der Waals surface area contributed by atoms with Crippen LogP contribution in [-0.4, -0.2) is 12.5 Å². The van der Waals surface area contributed by atoms with Gasteiger partial charge in [0.25, 0.3) is 5.91 Å². The molecule has 1 rings (SSSR count). The first kappa shape index (κ1) is 10.7. The maximum absolute atomic E-state index is 12.6. The van der Waals surface area contributed by atoms with Crippen molar-refractivity contribution in [3.8, 4) is 6.07 Å². The molecule has 1 aromatic rings. The average molecular weight is 257 g/mol. The number of hydrogen-bond donors (Lipinski definition) is 1. The Hall–Kier alpha value is -1.41. The lowest BCUT2D eigenvalue weighted by atomic mass is 10.2. The minimum Gasteiger partial charge on any atom is -0.339 e. The molecule has 5 heteroatoms. The van der Waals surface area contributed by atoms with Crippen molar-refractivity contribution >= 4 is 21.8 Å². The summed E-state index contributed by atoms with van der Waals surface area (Å²) in [5, 5.41) is 10.6. The molecule has 0 radical (unpaired) electrons. The van der Waals surface area contributed by atoms with Crippen LogP contribution in [0.3, 0.4) is 0 Å². The van der Waals surface area contributed by atoms with Gasteiger partial charge in [0.1, 0.15) is 12.4 Å². The molecular formula is C9H6BrFN2O. The van der Waals surface area contributed by atoms with E-state index in [1.165, 1.54) is 18.2 Å². The Morgan fingerprint density at radius 3 is 2.93 bits per heavy atom. The zero-order valence-electron chi connectivity index (χ0n) is 7.05. The van der Waals surface area contributed by atoms with E-state index >= 15 is 0 Å². The third-order valence-electron chi connectivity index (χ3n) is 1.50. The molecule has 72 valence electrons. The van der Waals surface area contributed by atoms with Gasteiger partial charge in [0.2, 0.25) is 0 Å². The first-order chi connectivity index (χ1) is 6.65. The topological polar surface area (TPSA) is 52.9 Å². The second kappa shape index (κ2) is 4.72. The molecule has 0 saturated heterocycles. The number of nitrogens with zero attached hydrogens (tertiary/aromatic N) is 1. The molecule has 0 heterocycles. The fourth-order valence-corrected chi connectivity index (χ4v) is 1.42. The Labute approximate surface area is 88.7 Å². The highest BCUT2D eigenvalue weighted by Gasteiger charge is 2.09. The summed E-state index contributed by atoms with van der Waals surface area (Å²) in [6, 6.07) is 5.51. The van der Waals surface area contributed by atoms with E-state index < -0.39 is 11.7 Å². The third-order valence-corrected chi connectivity index (χ3v) is 2.16. The molecule has 0 aliphatic rings. The van der Waals surface area contributed by atoms with Crippen LogP contribution in [-0.2, 0) is 0 Å². The van der Waals surface area contributed by atoms with Gasteiger partial charge in [0, 0.05) is 4.47 Å². The van der Waals surface area contributed by atoms with Gasteiger partial charge in [-0.15, -0.1) is 0 Å². The highest BCUT2D eigenvalue weighted by atomic mass is 79.9. The summed E-state index contributed by atoms with van der Waals surface area (Å²) in [5.74, 6) is -0.827. The molecule has 0 fully saturated rings. The smallest absolute Gasteiger partial charge is 0.253 e. The zero-order valence-corrected chi connectivity index (χ0v) is 8.64. The highest BCUT2D eigenvalue weighted by molar-refractivity contribution is 9.10. The van der Waals surface area contributed by atoms with Gasteiger partial charge in [-0.2, -0.15) is 5.26 Å². The van der Waals surface area contributed by atoms with Crippen LogP contribution in [0.4, 0.5) is 4.39 Å². The average Bonchev–Trinajstić information content (AvgIpc) is 2.14. The standard InChI is InChI=1S/C9H6BrFN2O/c10-8-5-6(11)1-2-7(8)9(14)13-4-3-12/h1-2,5H,4H2,(H,13,14). The molecule has 0 atom stereocenters. The molecule has 0 bridgehead atoms. The molecule has 1 aromatic carbocycles. The molecule has 0 aliphatic carbocycles. The van der Waals surface area contributed by atoms with Crippen molar-refractivity contribution in [1.82, 2.24) is 5.32 Å². The molecule has 14 heavy (non-hydrogen) atoms. The second-order valence-corrected chi connectivity index (χ2v) is 3.32. The molecule has 1 N–H and O–H groups in total. The van der Waals surface area contributed by atoms with Crippen LogP contribution >= 0.6 is 15.9 Å². The van der Waals surface area contributed by atoms with Gasteiger partial charge in [-0.1, -0.05) is 0 Å². The number of halogens is 2. The number of benzene rings is 1. The quantitative estimate of drug-likeness (QED) is 0.822. The first-order valence-corrected chi connectivity index (χ1v) is 4.54. The van der Waals surface area contributed by atoms with Gasteiger partial charge in [-0.3, -0.25) is 4.79 Å². The van der Waals surface area contributed by atoms with E-state index in [9.17, 15) is 9.18 Å². The van der Waals surface area contributed by atoms with Crippen LogP contribution in [0.5, 0.6) is 0 Å². The Morgan fingerprint density at radius 1 is 1.64 bits per heavy atom.